The van der Waals surface area contributed by atoms with Crippen molar-refractivity contribution in [3.8, 4) is 0 Å². The smallest absolute Gasteiger partial charge is 0.0375 e. The second-order valence-corrected chi connectivity index (χ2v) is 6.26. The van der Waals surface area contributed by atoms with Crippen LogP contribution in [-0.2, 0) is 19.5 Å². The second-order valence-electron chi connectivity index (χ2n) is 5.23. The number of hydrogen-bond donors (Lipinski definition) is 1. The van der Waals surface area contributed by atoms with Crippen LogP contribution in [0.4, 0.5) is 5.69 Å². The van der Waals surface area contributed by atoms with Crippen LogP contribution < -0.4 is 5.32 Å². The van der Waals surface area contributed by atoms with Crippen molar-refractivity contribution in [2.24, 2.45) is 0 Å². The summed E-state index contributed by atoms with van der Waals surface area (Å²) < 4.78 is 0. The summed E-state index contributed by atoms with van der Waals surface area (Å²) in [7, 11) is 2.20. The number of fused-ring (bicyclic) bond motifs is 1. The standard InChI is InChI=1S/C16H20N2S/c1-18(12-14-6-4-10-19-14)11-13-5-2-8-16-15(13)7-3-9-17-16/h2,4-6,8,10,17H,3,7,9,11-12H2,1H3. The van der Waals surface area contributed by atoms with E-state index in [-0.39, 0.29) is 0 Å². The fourth-order valence-corrected chi connectivity index (χ4v) is 3.53. The molecule has 2 aromatic rings. The van der Waals surface area contributed by atoms with Crippen LogP contribution >= 0.6 is 11.3 Å². The predicted molar refractivity (Wildman–Crippen MR) is 82.7 cm³/mol. The molecule has 0 bridgehead atoms. The molecule has 1 aliphatic rings. The quantitative estimate of drug-likeness (QED) is 0.912. The molecule has 1 aromatic heterocycles. The molecule has 0 saturated heterocycles. The SMILES string of the molecule is CN(Cc1cccs1)Cc1cccc2c1CCCN2. The van der Waals surface area contributed by atoms with E-state index in [1.807, 2.05) is 11.3 Å². The zero-order valence-electron chi connectivity index (χ0n) is 11.4. The molecule has 0 amide bonds. The molecule has 1 aromatic carbocycles. The average molecular weight is 272 g/mol. The predicted octanol–water partition coefficient (Wildman–Crippen LogP) is 3.74. The minimum Gasteiger partial charge on any atom is -0.385 e. The molecule has 0 aliphatic carbocycles. The molecule has 3 heteroatoms. The van der Waals surface area contributed by atoms with Gasteiger partial charge in [-0.05, 0) is 48.5 Å². The van der Waals surface area contributed by atoms with Gasteiger partial charge < -0.3 is 5.32 Å². The van der Waals surface area contributed by atoms with Gasteiger partial charge in [0.2, 0.25) is 0 Å². The van der Waals surface area contributed by atoms with Gasteiger partial charge in [0, 0.05) is 30.2 Å². The van der Waals surface area contributed by atoms with Gasteiger partial charge in [-0.3, -0.25) is 4.90 Å². The highest BCUT2D eigenvalue weighted by Crippen LogP contribution is 2.26. The summed E-state index contributed by atoms with van der Waals surface area (Å²) in [6, 6.07) is 11.0. The Bertz CT molecular complexity index is 534. The maximum atomic E-state index is 3.51. The molecule has 0 spiro atoms. The van der Waals surface area contributed by atoms with Crippen molar-refractivity contribution >= 4 is 17.0 Å². The average Bonchev–Trinajstić information content (AvgIpc) is 2.92. The Balaban J connectivity index is 1.72. The van der Waals surface area contributed by atoms with Crippen molar-refractivity contribution in [2.75, 3.05) is 18.9 Å². The molecule has 2 heterocycles. The molecule has 1 N–H and O–H groups in total. The Morgan fingerprint density at radius 1 is 1.21 bits per heavy atom. The van der Waals surface area contributed by atoms with Crippen molar-refractivity contribution in [1.29, 1.82) is 0 Å². The summed E-state index contributed by atoms with van der Waals surface area (Å²) >= 11 is 1.84. The van der Waals surface area contributed by atoms with Crippen LogP contribution in [0.1, 0.15) is 22.4 Å². The number of anilines is 1. The van der Waals surface area contributed by atoms with E-state index < -0.39 is 0 Å². The van der Waals surface area contributed by atoms with Crippen LogP contribution in [0.25, 0.3) is 0 Å². The summed E-state index contributed by atoms with van der Waals surface area (Å²) in [6.07, 6.45) is 2.46. The summed E-state index contributed by atoms with van der Waals surface area (Å²) in [4.78, 5) is 3.83. The maximum Gasteiger partial charge on any atom is 0.0375 e. The van der Waals surface area contributed by atoms with E-state index in [9.17, 15) is 0 Å². The van der Waals surface area contributed by atoms with E-state index in [4.69, 9.17) is 0 Å². The van der Waals surface area contributed by atoms with Crippen molar-refractivity contribution in [2.45, 2.75) is 25.9 Å². The van der Waals surface area contributed by atoms with Crippen LogP contribution in [0.15, 0.2) is 35.7 Å². The maximum absolute atomic E-state index is 3.51. The Hall–Kier alpha value is -1.32. The molecule has 0 saturated carbocycles. The van der Waals surface area contributed by atoms with Crippen molar-refractivity contribution in [3.63, 3.8) is 0 Å². The lowest BCUT2D eigenvalue weighted by Crippen LogP contribution is -2.20. The monoisotopic (exact) mass is 272 g/mol. The first-order valence-electron chi connectivity index (χ1n) is 6.88. The molecule has 0 fully saturated rings. The summed E-state index contributed by atoms with van der Waals surface area (Å²) in [5.41, 5.74) is 4.34. The lowest BCUT2D eigenvalue weighted by molar-refractivity contribution is 0.321. The van der Waals surface area contributed by atoms with E-state index in [0.717, 1.165) is 19.6 Å². The van der Waals surface area contributed by atoms with E-state index in [1.54, 1.807) is 0 Å². The number of rotatable bonds is 4. The molecule has 0 radical (unpaired) electrons. The van der Waals surface area contributed by atoms with Gasteiger partial charge in [-0.25, -0.2) is 0 Å². The molecule has 2 nitrogen and oxygen atoms in total. The molecule has 100 valence electrons. The summed E-state index contributed by atoms with van der Waals surface area (Å²) in [5, 5.41) is 5.66. The van der Waals surface area contributed by atoms with Gasteiger partial charge in [0.05, 0.1) is 0 Å². The van der Waals surface area contributed by atoms with Crippen molar-refractivity contribution in [3.05, 3.63) is 51.7 Å². The third-order valence-corrected chi connectivity index (χ3v) is 4.50. The van der Waals surface area contributed by atoms with Gasteiger partial charge in [-0.15, -0.1) is 11.3 Å². The van der Waals surface area contributed by atoms with Crippen LogP contribution in [0.5, 0.6) is 0 Å². The Morgan fingerprint density at radius 3 is 3.00 bits per heavy atom. The van der Waals surface area contributed by atoms with Crippen LogP contribution in [-0.4, -0.2) is 18.5 Å². The van der Waals surface area contributed by atoms with E-state index in [0.29, 0.717) is 0 Å². The number of thiophene rings is 1. The van der Waals surface area contributed by atoms with Crippen LogP contribution in [0.3, 0.4) is 0 Å². The number of nitrogens with one attached hydrogen (secondary N) is 1. The number of nitrogens with zero attached hydrogens (tertiary/aromatic N) is 1. The van der Waals surface area contributed by atoms with Gasteiger partial charge in [0.15, 0.2) is 0 Å². The summed E-state index contributed by atoms with van der Waals surface area (Å²) in [5.74, 6) is 0. The Morgan fingerprint density at radius 2 is 2.16 bits per heavy atom. The van der Waals surface area contributed by atoms with Gasteiger partial charge in [-0.1, -0.05) is 18.2 Å². The minimum atomic E-state index is 1.03. The van der Waals surface area contributed by atoms with Gasteiger partial charge >= 0.3 is 0 Å². The molecule has 1 aliphatic heterocycles. The third kappa shape index (κ3) is 2.99. The highest BCUT2D eigenvalue weighted by molar-refractivity contribution is 7.09. The Kier molecular flexibility index (Phi) is 3.85. The highest BCUT2D eigenvalue weighted by atomic mass is 32.1. The fourth-order valence-electron chi connectivity index (χ4n) is 2.75. The van der Waals surface area contributed by atoms with E-state index in [1.165, 1.54) is 34.5 Å². The second kappa shape index (κ2) is 5.76. The van der Waals surface area contributed by atoms with Crippen molar-refractivity contribution < 1.29 is 0 Å². The lowest BCUT2D eigenvalue weighted by Gasteiger charge is -2.23. The molecular formula is C16H20N2S. The van der Waals surface area contributed by atoms with E-state index >= 15 is 0 Å². The Labute approximate surface area is 119 Å². The zero-order valence-corrected chi connectivity index (χ0v) is 12.2. The molecule has 0 unspecified atom stereocenters. The van der Waals surface area contributed by atoms with Gasteiger partial charge in [0.1, 0.15) is 0 Å². The molecule has 19 heavy (non-hydrogen) atoms. The normalized spacial score (nSPS) is 14.2. The molecular weight excluding hydrogens is 252 g/mol. The molecule has 0 atom stereocenters. The summed E-state index contributed by atoms with van der Waals surface area (Å²) in [6.45, 7) is 3.18. The van der Waals surface area contributed by atoms with Gasteiger partial charge in [-0.2, -0.15) is 0 Å². The number of hydrogen-bond acceptors (Lipinski definition) is 3. The molecule has 3 rings (SSSR count). The van der Waals surface area contributed by atoms with Gasteiger partial charge in [0.25, 0.3) is 0 Å². The van der Waals surface area contributed by atoms with E-state index in [2.05, 4.69) is 53.0 Å². The largest absolute Gasteiger partial charge is 0.385 e. The zero-order chi connectivity index (χ0) is 13.1. The lowest BCUT2D eigenvalue weighted by atomic mass is 9.97. The van der Waals surface area contributed by atoms with Crippen molar-refractivity contribution in [1.82, 2.24) is 4.90 Å². The fraction of sp³-hybridized carbons (Fsp3) is 0.375. The number of benzene rings is 1. The third-order valence-electron chi connectivity index (χ3n) is 3.64. The highest BCUT2D eigenvalue weighted by Gasteiger charge is 2.13. The topological polar surface area (TPSA) is 15.3 Å². The first-order chi connectivity index (χ1) is 9.33. The minimum absolute atomic E-state index is 1.03. The first kappa shape index (κ1) is 12.7. The van der Waals surface area contributed by atoms with Crippen LogP contribution in [0, 0.1) is 0 Å². The van der Waals surface area contributed by atoms with Crippen LogP contribution in [0.2, 0.25) is 0 Å². The first-order valence-corrected chi connectivity index (χ1v) is 7.76.